The molecule has 0 unspecified atom stereocenters. The minimum absolute atomic E-state index is 0.0623. The molecule has 0 spiro atoms. The number of rotatable bonds is 4. The summed E-state index contributed by atoms with van der Waals surface area (Å²) < 4.78 is 11.4. The lowest BCUT2D eigenvalue weighted by atomic mass is 9.86. The van der Waals surface area contributed by atoms with Crippen molar-refractivity contribution in [2.24, 2.45) is 0 Å². The van der Waals surface area contributed by atoms with Crippen LogP contribution >= 0.6 is 11.6 Å². The first-order valence-electron chi connectivity index (χ1n) is 6.81. The van der Waals surface area contributed by atoms with Crippen LogP contribution in [0.5, 0.6) is 17.2 Å². The van der Waals surface area contributed by atoms with Crippen molar-refractivity contribution in [2.45, 2.75) is 32.1 Å². The Hall–Kier alpha value is -1.74. The largest absolute Gasteiger partial charge is 0.497 e. The number of hydrogen-bond acceptors (Lipinski definition) is 3. The Bertz CT molecular complexity index is 620. The summed E-state index contributed by atoms with van der Waals surface area (Å²) in [5.41, 5.74) is 1.93. The molecule has 0 aliphatic carbocycles. The van der Waals surface area contributed by atoms with Gasteiger partial charge in [-0.2, -0.15) is 0 Å². The molecule has 0 bridgehead atoms. The molecule has 3 nitrogen and oxygen atoms in total. The average Bonchev–Trinajstić information content (AvgIpc) is 2.47. The Kier molecular flexibility index (Phi) is 4.73. The van der Waals surface area contributed by atoms with Gasteiger partial charge in [-0.15, -0.1) is 11.6 Å². The normalized spacial score (nSPS) is 11.3. The van der Waals surface area contributed by atoms with Gasteiger partial charge in [0.2, 0.25) is 0 Å². The van der Waals surface area contributed by atoms with Crippen molar-refractivity contribution in [3.8, 4) is 17.2 Å². The van der Waals surface area contributed by atoms with E-state index in [0.29, 0.717) is 11.6 Å². The van der Waals surface area contributed by atoms with Crippen LogP contribution in [-0.2, 0) is 11.3 Å². The van der Waals surface area contributed by atoms with E-state index in [4.69, 9.17) is 21.1 Å². The summed E-state index contributed by atoms with van der Waals surface area (Å²) in [6, 6.07) is 7.68. The van der Waals surface area contributed by atoms with Gasteiger partial charge < -0.3 is 9.47 Å². The first-order chi connectivity index (χ1) is 9.95. The van der Waals surface area contributed by atoms with E-state index in [-0.39, 0.29) is 5.41 Å². The Balaban J connectivity index is 2.44. The number of aromatic nitrogens is 1. The summed E-state index contributed by atoms with van der Waals surface area (Å²) in [7, 11) is 1.66. The van der Waals surface area contributed by atoms with Crippen LogP contribution in [0.1, 0.15) is 31.9 Å². The summed E-state index contributed by atoms with van der Waals surface area (Å²) in [6.45, 7) is 6.42. The van der Waals surface area contributed by atoms with Crippen molar-refractivity contribution in [2.75, 3.05) is 7.11 Å². The summed E-state index contributed by atoms with van der Waals surface area (Å²) in [6.07, 6.45) is 3.40. The highest BCUT2D eigenvalue weighted by atomic mass is 35.5. The fourth-order valence-electron chi connectivity index (χ4n) is 2.04. The Morgan fingerprint density at radius 3 is 2.52 bits per heavy atom. The molecule has 0 amide bonds. The first kappa shape index (κ1) is 15.6. The molecule has 0 aliphatic heterocycles. The fraction of sp³-hybridized carbons (Fsp3) is 0.353. The SMILES string of the molecule is COc1ccc(Oc2cnccc2CCl)c(C(C)(C)C)c1. The number of methoxy groups -OCH3 is 1. The summed E-state index contributed by atoms with van der Waals surface area (Å²) in [4.78, 5) is 4.11. The van der Waals surface area contributed by atoms with E-state index in [0.717, 1.165) is 22.6 Å². The lowest BCUT2D eigenvalue weighted by molar-refractivity contribution is 0.407. The van der Waals surface area contributed by atoms with E-state index in [1.807, 2.05) is 24.3 Å². The van der Waals surface area contributed by atoms with Crippen LogP contribution < -0.4 is 9.47 Å². The predicted molar refractivity (Wildman–Crippen MR) is 85.6 cm³/mol. The average molecular weight is 306 g/mol. The molecule has 112 valence electrons. The van der Waals surface area contributed by atoms with Crippen LogP contribution in [0.15, 0.2) is 36.7 Å². The van der Waals surface area contributed by atoms with Crippen LogP contribution in [0, 0.1) is 0 Å². The maximum Gasteiger partial charge on any atom is 0.150 e. The third kappa shape index (κ3) is 3.67. The molecule has 0 saturated carbocycles. The zero-order chi connectivity index (χ0) is 15.5. The summed E-state index contributed by atoms with van der Waals surface area (Å²) >= 11 is 5.95. The van der Waals surface area contributed by atoms with Gasteiger partial charge in [0.1, 0.15) is 17.2 Å². The standard InChI is InChI=1S/C17H20ClNO2/c1-17(2,3)14-9-13(20-4)5-6-15(14)21-16-11-19-8-7-12(16)10-18/h5-9,11H,10H2,1-4H3. The van der Waals surface area contributed by atoms with Crippen LogP contribution in [0.3, 0.4) is 0 Å². The summed E-state index contributed by atoms with van der Waals surface area (Å²) in [5, 5.41) is 0. The molecule has 0 radical (unpaired) electrons. The van der Waals surface area contributed by atoms with Gasteiger partial charge in [-0.3, -0.25) is 4.98 Å². The Morgan fingerprint density at radius 2 is 1.90 bits per heavy atom. The molecule has 1 heterocycles. The van der Waals surface area contributed by atoms with Gasteiger partial charge in [0.15, 0.2) is 0 Å². The van der Waals surface area contributed by atoms with Crippen molar-refractivity contribution < 1.29 is 9.47 Å². The van der Waals surface area contributed by atoms with Gasteiger partial charge in [-0.05, 0) is 29.7 Å². The molecule has 0 N–H and O–H groups in total. The highest BCUT2D eigenvalue weighted by Gasteiger charge is 2.21. The van der Waals surface area contributed by atoms with Crippen molar-refractivity contribution in [3.63, 3.8) is 0 Å². The monoisotopic (exact) mass is 305 g/mol. The van der Waals surface area contributed by atoms with E-state index < -0.39 is 0 Å². The third-order valence-corrected chi connectivity index (χ3v) is 3.52. The molecular weight excluding hydrogens is 286 g/mol. The van der Waals surface area contributed by atoms with Gasteiger partial charge in [0, 0.05) is 17.3 Å². The smallest absolute Gasteiger partial charge is 0.150 e. The topological polar surface area (TPSA) is 31.4 Å². The molecule has 2 rings (SSSR count). The van der Waals surface area contributed by atoms with Gasteiger partial charge in [0.25, 0.3) is 0 Å². The van der Waals surface area contributed by atoms with E-state index in [1.54, 1.807) is 19.5 Å². The predicted octanol–water partition coefficient (Wildman–Crippen LogP) is 4.92. The Morgan fingerprint density at radius 1 is 1.14 bits per heavy atom. The van der Waals surface area contributed by atoms with Crippen molar-refractivity contribution in [3.05, 3.63) is 47.8 Å². The van der Waals surface area contributed by atoms with Gasteiger partial charge >= 0.3 is 0 Å². The molecule has 0 aliphatic rings. The fourth-order valence-corrected chi connectivity index (χ4v) is 2.26. The second kappa shape index (κ2) is 6.35. The number of pyridine rings is 1. The highest BCUT2D eigenvalue weighted by molar-refractivity contribution is 6.17. The van der Waals surface area contributed by atoms with Gasteiger partial charge in [0.05, 0.1) is 19.2 Å². The minimum Gasteiger partial charge on any atom is -0.497 e. The zero-order valence-electron chi connectivity index (χ0n) is 12.8. The second-order valence-corrected chi connectivity index (χ2v) is 6.10. The molecule has 0 saturated heterocycles. The number of benzene rings is 1. The number of alkyl halides is 1. The lowest BCUT2D eigenvalue weighted by Crippen LogP contribution is -2.13. The van der Waals surface area contributed by atoms with Crippen molar-refractivity contribution in [1.82, 2.24) is 4.98 Å². The van der Waals surface area contributed by atoms with Crippen molar-refractivity contribution >= 4 is 11.6 Å². The molecule has 0 fully saturated rings. The zero-order valence-corrected chi connectivity index (χ0v) is 13.6. The molecule has 21 heavy (non-hydrogen) atoms. The van der Waals surface area contributed by atoms with E-state index in [2.05, 4.69) is 25.8 Å². The lowest BCUT2D eigenvalue weighted by Gasteiger charge is -2.23. The molecular formula is C17H20ClNO2. The number of ether oxygens (including phenoxy) is 2. The van der Waals surface area contributed by atoms with Gasteiger partial charge in [-0.1, -0.05) is 20.8 Å². The van der Waals surface area contributed by atoms with E-state index >= 15 is 0 Å². The van der Waals surface area contributed by atoms with E-state index in [9.17, 15) is 0 Å². The van der Waals surface area contributed by atoms with Crippen LogP contribution in [0.2, 0.25) is 0 Å². The Labute approximate surface area is 130 Å². The third-order valence-electron chi connectivity index (χ3n) is 3.23. The number of hydrogen-bond donors (Lipinski definition) is 0. The molecule has 0 atom stereocenters. The molecule has 1 aromatic carbocycles. The maximum absolute atomic E-state index is 6.06. The van der Waals surface area contributed by atoms with Crippen LogP contribution in [-0.4, -0.2) is 12.1 Å². The van der Waals surface area contributed by atoms with Gasteiger partial charge in [-0.25, -0.2) is 0 Å². The van der Waals surface area contributed by atoms with Crippen molar-refractivity contribution in [1.29, 1.82) is 0 Å². The quantitative estimate of drug-likeness (QED) is 0.751. The maximum atomic E-state index is 6.06. The second-order valence-electron chi connectivity index (χ2n) is 5.83. The molecule has 1 aromatic heterocycles. The molecule has 4 heteroatoms. The minimum atomic E-state index is -0.0623. The van der Waals surface area contributed by atoms with E-state index in [1.165, 1.54) is 0 Å². The number of halogens is 1. The summed E-state index contributed by atoms with van der Waals surface area (Å²) in [5.74, 6) is 2.68. The number of nitrogens with zero attached hydrogens (tertiary/aromatic N) is 1. The molecule has 2 aromatic rings. The van der Waals surface area contributed by atoms with Crippen LogP contribution in [0.25, 0.3) is 0 Å². The van der Waals surface area contributed by atoms with Crippen LogP contribution in [0.4, 0.5) is 0 Å². The highest BCUT2D eigenvalue weighted by Crippen LogP contribution is 2.37. The first-order valence-corrected chi connectivity index (χ1v) is 7.34.